The van der Waals surface area contributed by atoms with Gasteiger partial charge in [0.1, 0.15) is 12.8 Å². The number of hydrogen-bond donors (Lipinski definition) is 1. The van der Waals surface area contributed by atoms with Gasteiger partial charge in [-0.1, -0.05) is 91.4 Å². The molecule has 240 valence electrons. The number of anilines is 1. The molecule has 0 saturated carbocycles. The lowest BCUT2D eigenvalue weighted by molar-refractivity contribution is -0.0957. The number of carbonyl (C=O) groups is 1. The van der Waals surface area contributed by atoms with Crippen LogP contribution in [0.2, 0.25) is 18.1 Å². The summed E-state index contributed by atoms with van der Waals surface area (Å²) in [6, 6.07) is 0. The van der Waals surface area contributed by atoms with Crippen LogP contribution in [0.25, 0.3) is 11.2 Å². The van der Waals surface area contributed by atoms with E-state index in [0.29, 0.717) is 6.42 Å². The summed E-state index contributed by atoms with van der Waals surface area (Å²) in [5, 5.41) is -0.118. The number of nitrogen functional groups attached to an aromatic ring is 1. The number of halogens is 1. The summed E-state index contributed by atoms with van der Waals surface area (Å²) >= 11 is 0. The predicted octanol–water partition coefficient (Wildman–Crippen LogP) is 7.30. The fourth-order valence-electron chi connectivity index (χ4n) is 4.96. The lowest BCUT2D eigenvalue weighted by Gasteiger charge is -2.41. The van der Waals surface area contributed by atoms with Crippen LogP contribution in [0.4, 0.5) is 15.0 Å². The predicted molar refractivity (Wildman–Crippen MR) is 167 cm³/mol. The van der Waals surface area contributed by atoms with E-state index in [0.717, 1.165) is 19.3 Å². The van der Waals surface area contributed by atoms with Gasteiger partial charge in [0.2, 0.25) is 0 Å². The minimum Gasteiger partial charge on any atom is -0.434 e. The zero-order valence-corrected chi connectivity index (χ0v) is 27.8. The molecule has 0 radical (unpaired) electrons. The maximum atomic E-state index is 14.1. The Morgan fingerprint density at radius 2 is 1.77 bits per heavy atom. The van der Waals surface area contributed by atoms with Crippen molar-refractivity contribution in [2.24, 2.45) is 0 Å². The molecule has 0 amide bonds. The molecule has 2 N–H and O–H groups in total. The summed E-state index contributed by atoms with van der Waals surface area (Å²) in [6.45, 7) is 12.8. The highest BCUT2D eigenvalue weighted by Gasteiger charge is 2.54. The first-order chi connectivity index (χ1) is 20.3. The van der Waals surface area contributed by atoms with Gasteiger partial charge in [0.15, 0.2) is 30.9 Å². The SMILES string of the molecule is C#C[C@]1(COC(=O)OCCCCCCCCCCCC)O[C@@H](n2cnc3c(N)nc(F)nc32)CC1O[Si](C)(C)C(C)(C)C. The standard InChI is InChI=1S/C31H50FN5O5Si/c1-8-10-11-12-13-14-15-16-17-18-19-39-29(38)40-21-31(9-2)23(42-43(6,7)30(3,4)5)20-24(41-31)37-22-34-25-26(33)35-28(32)36-27(25)37/h2,22-24H,8,10-21H2,1,3-7H3,(H2,33,35,36)/t23?,24-,31-/m1/s1. The Hall–Kier alpha value is -2.75. The molecule has 0 spiro atoms. The molecule has 2 aromatic rings. The summed E-state index contributed by atoms with van der Waals surface area (Å²) in [5.41, 5.74) is 4.86. The highest BCUT2D eigenvalue weighted by molar-refractivity contribution is 6.74. The summed E-state index contributed by atoms with van der Waals surface area (Å²) < 4.78 is 39.6. The van der Waals surface area contributed by atoms with Crippen molar-refractivity contribution < 1.29 is 27.8 Å². The summed E-state index contributed by atoms with van der Waals surface area (Å²) in [6.07, 6.45) is 16.5. The molecule has 1 aliphatic rings. The van der Waals surface area contributed by atoms with E-state index >= 15 is 0 Å². The number of fused-ring (bicyclic) bond motifs is 1. The van der Waals surface area contributed by atoms with Gasteiger partial charge in [-0.05, 0) is 24.6 Å². The van der Waals surface area contributed by atoms with Gasteiger partial charge in [0, 0.05) is 6.42 Å². The molecule has 3 rings (SSSR count). The highest BCUT2D eigenvalue weighted by Crippen LogP contribution is 2.45. The van der Waals surface area contributed by atoms with Crippen LogP contribution < -0.4 is 5.73 Å². The van der Waals surface area contributed by atoms with Crippen LogP contribution in [0.5, 0.6) is 0 Å². The maximum Gasteiger partial charge on any atom is 0.508 e. The monoisotopic (exact) mass is 619 g/mol. The van der Waals surface area contributed by atoms with E-state index < -0.39 is 38.5 Å². The molecule has 0 aromatic carbocycles. The van der Waals surface area contributed by atoms with Gasteiger partial charge in [-0.2, -0.15) is 14.4 Å². The molecule has 0 aliphatic carbocycles. The summed E-state index contributed by atoms with van der Waals surface area (Å²) in [7, 11) is -2.34. The molecule has 2 aromatic heterocycles. The quantitative estimate of drug-likeness (QED) is 0.0677. The number of aromatic nitrogens is 4. The highest BCUT2D eigenvalue weighted by atomic mass is 28.4. The molecule has 1 aliphatic heterocycles. The summed E-state index contributed by atoms with van der Waals surface area (Å²) in [5.74, 6) is 2.63. The Bertz CT molecular complexity index is 1240. The van der Waals surface area contributed by atoms with Crippen LogP contribution in [-0.4, -0.2) is 58.9 Å². The molecule has 1 saturated heterocycles. The smallest absolute Gasteiger partial charge is 0.434 e. The lowest BCUT2D eigenvalue weighted by atomic mass is 9.99. The van der Waals surface area contributed by atoms with Crippen LogP contribution in [-0.2, 0) is 18.6 Å². The molecule has 3 heterocycles. The van der Waals surface area contributed by atoms with Gasteiger partial charge in [-0.25, -0.2) is 9.78 Å². The van der Waals surface area contributed by atoms with Gasteiger partial charge >= 0.3 is 12.2 Å². The number of rotatable bonds is 16. The van der Waals surface area contributed by atoms with E-state index in [1.807, 2.05) is 0 Å². The van der Waals surface area contributed by atoms with Gasteiger partial charge < -0.3 is 24.4 Å². The van der Waals surface area contributed by atoms with Crippen molar-refractivity contribution in [3.63, 3.8) is 0 Å². The van der Waals surface area contributed by atoms with Gasteiger partial charge in [-0.3, -0.25) is 4.57 Å². The Morgan fingerprint density at radius 1 is 1.14 bits per heavy atom. The van der Waals surface area contributed by atoms with E-state index in [2.05, 4.69) is 61.7 Å². The largest absolute Gasteiger partial charge is 0.508 e. The van der Waals surface area contributed by atoms with Crippen LogP contribution in [0.15, 0.2) is 6.33 Å². The Balaban J connectivity index is 1.61. The van der Waals surface area contributed by atoms with E-state index in [-0.39, 0.29) is 35.2 Å². The average molecular weight is 620 g/mol. The van der Waals surface area contributed by atoms with Crippen LogP contribution in [0, 0.1) is 18.4 Å². The molecule has 43 heavy (non-hydrogen) atoms. The molecule has 1 unspecified atom stereocenters. The van der Waals surface area contributed by atoms with Crippen LogP contribution in [0.3, 0.4) is 0 Å². The van der Waals surface area contributed by atoms with Gasteiger partial charge in [0.25, 0.3) is 0 Å². The maximum absolute atomic E-state index is 14.1. The molecule has 3 atom stereocenters. The molecular formula is C31H50FN5O5Si. The second-order valence-corrected chi connectivity index (χ2v) is 17.7. The average Bonchev–Trinajstić information content (AvgIpc) is 3.51. The van der Waals surface area contributed by atoms with E-state index in [1.165, 1.54) is 51.3 Å². The first kappa shape index (κ1) is 34.7. The van der Waals surface area contributed by atoms with Crippen LogP contribution in [0.1, 0.15) is 105 Å². The van der Waals surface area contributed by atoms with Gasteiger partial charge in [-0.15, -0.1) is 6.42 Å². The lowest BCUT2D eigenvalue weighted by Crippen LogP contribution is -2.52. The topological polar surface area (TPSA) is 124 Å². The van der Waals surface area contributed by atoms with Crippen molar-refractivity contribution in [1.29, 1.82) is 0 Å². The van der Waals surface area contributed by atoms with Crippen molar-refractivity contribution in [2.75, 3.05) is 18.9 Å². The van der Waals surface area contributed by atoms with E-state index in [4.69, 9.17) is 30.8 Å². The number of nitrogens with two attached hydrogens (primary N) is 1. The first-order valence-electron chi connectivity index (χ1n) is 15.6. The fourth-order valence-corrected chi connectivity index (χ4v) is 6.31. The minimum absolute atomic E-state index is 0.0787. The third kappa shape index (κ3) is 9.12. The number of hydrogen-bond acceptors (Lipinski definition) is 9. The zero-order valence-electron chi connectivity index (χ0n) is 26.8. The Morgan fingerprint density at radius 3 is 2.37 bits per heavy atom. The number of nitrogens with zero attached hydrogens (tertiary/aromatic N) is 4. The number of ether oxygens (including phenoxy) is 3. The third-order valence-corrected chi connectivity index (χ3v) is 13.1. The van der Waals surface area contributed by atoms with Crippen molar-refractivity contribution in [1.82, 2.24) is 19.5 Å². The number of unbranched alkanes of at least 4 members (excludes halogenated alkanes) is 9. The third-order valence-electron chi connectivity index (χ3n) is 8.62. The second kappa shape index (κ2) is 15.3. The van der Waals surface area contributed by atoms with Crippen molar-refractivity contribution in [2.45, 2.75) is 134 Å². The number of terminal acetylenes is 1. The van der Waals surface area contributed by atoms with Crippen molar-refractivity contribution >= 4 is 31.5 Å². The van der Waals surface area contributed by atoms with Crippen molar-refractivity contribution in [3.05, 3.63) is 12.4 Å². The molecule has 0 bridgehead atoms. The van der Waals surface area contributed by atoms with Gasteiger partial charge in [0.05, 0.1) is 19.0 Å². The first-order valence-corrected chi connectivity index (χ1v) is 18.5. The summed E-state index contributed by atoms with van der Waals surface area (Å²) in [4.78, 5) is 24.2. The number of imidazole rings is 1. The molecular weight excluding hydrogens is 569 g/mol. The van der Waals surface area contributed by atoms with E-state index in [9.17, 15) is 9.18 Å². The molecule has 1 fully saturated rings. The minimum atomic E-state index is -2.34. The molecule has 12 heteroatoms. The number of carbonyl (C=O) groups excluding carboxylic acids is 1. The second-order valence-electron chi connectivity index (χ2n) is 13.0. The Kier molecular flexibility index (Phi) is 12.4. The Labute approximate surface area is 256 Å². The normalized spacial score (nSPS) is 20.8. The van der Waals surface area contributed by atoms with E-state index in [1.54, 1.807) is 4.57 Å². The van der Waals surface area contributed by atoms with Crippen molar-refractivity contribution in [3.8, 4) is 12.3 Å². The fraction of sp³-hybridized carbons (Fsp3) is 0.742. The van der Waals surface area contributed by atoms with Crippen LogP contribution >= 0.6 is 0 Å². The molecule has 10 nitrogen and oxygen atoms in total. The zero-order chi connectivity index (χ0) is 31.7.